The molecule has 5 heteroatoms. The Balaban J connectivity index is 2.46. The SMILES string of the molecule is C/C=C/C1=C(CO)[C@@H](O)[C@@H]2O[C@]2([C@@H](O)C=C(C)C)C1=O. The molecule has 0 unspecified atom stereocenters. The molecule has 0 bridgehead atoms. The number of ether oxygens (including phenoxy) is 1. The molecule has 0 radical (unpaired) electrons. The Hall–Kier alpha value is -1.27. The molecule has 1 heterocycles. The topological polar surface area (TPSA) is 90.3 Å². The molecule has 5 nitrogen and oxygen atoms in total. The predicted molar refractivity (Wildman–Crippen MR) is 73.0 cm³/mol. The number of rotatable bonds is 4. The molecule has 20 heavy (non-hydrogen) atoms. The Bertz CT molecular complexity index is 512. The van der Waals surface area contributed by atoms with Gasteiger partial charge in [0.15, 0.2) is 5.60 Å². The first kappa shape index (κ1) is 15.1. The number of aliphatic hydroxyl groups is 3. The van der Waals surface area contributed by atoms with E-state index in [4.69, 9.17) is 4.74 Å². The predicted octanol–water partition coefficient (Wildman–Crippen LogP) is 0.260. The van der Waals surface area contributed by atoms with Crippen LogP contribution in [0.25, 0.3) is 0 Å². The summed E-state index contributed by atoms with van der Waals surface area (Å²) in [6, 6.07) is 0. The molecular formula is C15H20O5. The maximum absolute atomic E-state index is 12.6. The van der Waals surface area contributed by atoms with E-state index in [1.54, 1.807) is 19.1 Å². The third-order valence-corrected chi connectivity index (χ3v) is 3.71. The van der Waals surface area contributed by atoms with Crippen LogP contribution in [0, 0.1) is 0 Å². The van der Waals surface area contributed by atoms with Crippen LogP contribution < -0.4 is 0 Å². The molecule has 0 aromatic rings. The molecule has 0 saturated carbocycles. The lowest BCUT2D eigenvalue weighted by Gasteiger charge is -2.26. The van der Waals surface area contributed by atoms with Gasteiger partial charge in [0, 0.05) is 5.57 Å². The van der Waals surface area contributed by atoms with Crippen LogP contribution in [0.4, 0.5) is 0 Å². The maximum Gasteiger partial charge on any atom is 0.200 e. The van der Waals surface area contributed by atoms with E-state index in [2.05, 4.69) is 0 Å². The fourth-order valence-corrected chi connectivity index (χ4v) is 2.70. The minimum atomic E-state index is -1.41. The molecule has 4 atom stereocenters. The molecule has 110 valence electrons. The van der Waals surface area contributed by atoms with Gasteiger partial charge in [-0.05, 0) is 26.3 Å². The molecule has 2 rings (SSSR count). The molecule has 0 amide bonds. The lowest BCUT2D eigenvalue weighted by molar-refractivity contribution is -0.123. The van der Waals surface area contributed by atoms with Crippen LogP contribution in [-0.2, 0) is 9.53 Å². The Morgan fingerprint density at radius 2 is 2.15 bits per heavy atom. The van der Waals surface area contributed by atoms with Crippen molar-refractivity contribution in [3.63, 3.8) is 0 Å². The first-order chi connectivity index (χ1) is 9.40. The van der Waals surface area contributed by atoms with Gasteiger partial charge >= 0.3 is 0 Å². The maximum atomic E-state index is 12.6. The summed E-state index contributed by atoms with van der Waals surface area (Å²) in [4.78, 5) is 12.6. The number of allylic oxidation sites excluding steroid dienone is 3. The van der Waals surface area contributed by atoms with E-state index in [0.717, 1.165) is 5.57 Å². The van der Waals surface area contributed by atoms with E-state index < -0.39 is 30.5 Å². The highest BCUT2D eigenvalue weighted by Gasteiger charge is 2.71. The van der Waals surface area contributed by atoms with Gasteiger partial charge in [0.05, 0.1) is 6.61 Å². The number of carbonyl (C=O) groups is 1. The van der Waals surface area contributed by atoms with Crippen LogP contribution in [0.1, 0.15) is 20.8 Å². The van der Waals surface area contributed by atoms with E-state index in [0.29, 0.717) is 0 Å². The molecule has 1 aliphatic heterocycles. The van der Waals surface area contributed by atoms with Gasteiger partial charge < -0.3 is 20.1 Å². The smallest absolute Gasteiger partial charge is 0.200 e. The van der Waals surface area contributed by atoms with Gasteiger partial charge in [0.25, 0.3) is 0 Å². The summed E-state index contributed by atoms with van der Waals surface area (Å²) in [6.07, 6.45) is 1.74. The largest absolute Gasteiger partial charge is 0.392 e. The lowest BCUT2D eigenvalue weighted by atomic mass is 9.77. The van der Waals surface area contributed by atoms with Crippen molar-refractivity contribution in [2.45, 2.75) is 44.7 Å². The van der Waals surface area contributed by atoms with Crippen LogP contribution in [0.5, 0.6) is 0 Å². The van der Waals surface area contributed by atoms with Gasteiger partial charge in [0.2, 0.25) is 5.78 Å². The van der Waals surface area contributed by atoms with Gasteiger partial charge in [-0.1, -0.05) is 23.8 Å². The van der Waals surface area contributed by atoms with Gasteiger partial charge in [-0.3, -0.25) is 4.79 Å². The van der Waals surface area contributed by atoms with Crippen molar-refractivity contribution in [2.24, 2.45) is 0 Å². The van der Waals surface area contributed by atoms with Gasteiger partial charge in [0.1, 0.15) is 18.3 Å². The van der Waals surface area contributed by atoms with Gasteiger partial charge in [-0.15, -0.1) is 0 Å². The molecule has 1 fully saturated rings. The van der Waals surface area contributed by atoms with Crippen molar-refractivity contribution in [1.82, 2.24) is 0 Å². The van der Waals surface area contributed by atoms with Gasteiger partial charge in [-0.25, -0.2) is 0 Å². The minimum absolute atomic E-state index is 0.220. The summed E-state index contributed by atoms with van der Waals surface area (Å²) in [5, 5.41) is 29.8. The van der Waals surface area contributed by atoms with Crippen molar-refractivity contribution in [1.29, 1.82) is 0 Å². The second kappa shape index (κ2) is 5.26. The highest BCUT2D eigenvalue weighted by Crippen LogP contribution is 2.50. The zero-order chi connectivity index (χ0) is 15.1. The molecule has 0 aromatic carbocycles. The van der Waals surface area contributed by atoms with Crippen molar-refractivity contribution < 1.29 is 24.9 Å². The number of fused-ring (bicyclic) bond motifs is 1. The normalized spacial score (nSPS) is 34.2. The molecule has 3 N–H and O–H groups in total. The summed E-state index contributed by atoms with van der Waals surface area (Å²) in [6.45, 7) is 4.94. The number of epoxide rings is 1. The standard InChI is InChI=1S/C15H20O5/c1-4-5-9-10(7-16)12(18)14-15(20-14,13(9)19)11(17)6-8(2)3/h4-6,11-12,14,16-18H,7H2,1-3H3/b5-4+/t11-,12+,14-,15+/m0/s1. The average molecular weight is 280 g/mol. The highest BCUT2D eigenvalue weighted by molar-refractivity contribution is 6.09. The van der Waals surface area contributed by atoms with E-state index >= 15 is 0 Å². The fourth-order valence-electron chi connectivity index (χ4n) is 2.70. The molecule has 0 aromatic heterocycles. The second-order valence-corrected chi connectivity index (χ2v) is 5.39. The Labute approximate surface area is 117 Å². The second-order valence-electron chi connectivity index (χ2n) is 5.39. The van der Waals surface area contributed by atoms with Gasteiger partial charge in [-0.2, -0.15) is 0 Å². The van der Waals surface area contributed by atoms with Crippen LogP contribution in [0.2, 0.25) is 0 Å². The Morgan fingerprint density at radius 1 is 1.50 bits per heavy atom. The Kier molecular flexibility index (Phi) is 3.97. The summed E-state index contributed by atoms with van der Waals surface area (Å²) < 4.78 is 5.38. The summed E-state index contributed by atoms with van der Waals surface area (Å²) in [7, 11) is 0. The first-order valence-corrected chi connectivity index (χ1v) is 6.60. The number of carbonyl (C=O) groups excluding carboxylic acids is 1. The highest BCUT2D eigenvalue weighted by atomic mass is 16.6. The molecular weight excluding hydrogens is 260 g/mol. The van der Waals surface area contributed by atoms with Crippen molar-refractivity contribution >= 4 is 5.78 Å². The zero-order valence-electron chi connectivity index (χ0n) is 11.8. The zero-order valence-corrected chi connectivity index (χ0v) is 11.8. The fraction of sp³-hybridized carbons (Fsp3) is 0.533. The van der Waals surface area contributed by atoms with Crippen molar-refractivity contribution in [3.05, 3.63) is 34.9 Å². The van der Waals surface area contributed by atoms with E-state index in [-0.39, 0.29) is 16.9 Å². The number of Topliss-reactive ketones (excluding diaryl/α,β-unsaturated/α-hetero) is 1. The Morgan fingerprint density at radius 3 is 2.65 bits per heavy atom. The molecule has 0 spiro atoms. The third kappa shape index (κ3) is 2.07. The van der Waals surface area contributed by atoms with E-state index in [1.165, 1.54) is 6.08 Å². The molecule has 2 aliphatic rings. The minimum Gasteiger partial charge on any atom is -0.392 e. The number of aliphatic hydroxyl groups excluding tert-OH is 3. The lowest BCUT2D eigenvalue weighted by Crippen LogP contribution is -2.47. The van der Waals surface area contributed by atoms with Crippen LogP contribution in [0.15, 0.2) is 34.9 Å². The number of hydrogen-bond donors (Lipinski definition) is 3. The number of hydrogen-bond acceptors (Lipinski definition) is 5. The molecule has 1 aliphatic carbocycles. The van der Waals surface area contributed by atoms with E-state index in [1.807, 2.05) is 13.8 Å². The summed E-state index contributed by atoms with van der Waals surface area (Å²) in [5.41, 5.74) is -0.0921. The van der Waals surface area contributed by atoms with Crippen LogP contribution in [0.3, 0.4) is 0 Å². The number of ketones is 1. The quantitative estimate of drug-likeness (QED) is 0.507. The monoisotopic (exact) mass is 280 g/mol. The first-order valence-electron chi connectivity index (χ1n) is 6.60. The summed E-state index contributed by atoms with van der Waals surface area (Å²) in [5.74, 6) is -0.389. The van der Waals surface area contributed by atoms with Crippen LogP contribution >= 0.6 is 0 Å². The van der Waals surface area contributed by atoms with E-state index in [9.17, 15) is 20.1 Å². The third-order valence-electron chi connectivity index (χ3n) is 3.71. The summed E-state index contributed by atoms with van der Waals surface area (Å²) >= 11 is 0. The van der Waals surface area contributed by atoms with Crippen molar-refractivity contribution in [2.75, 3.05) is 6.61 Å². The van der Waals surface area contributed by atoms with Crippen molar-refractivity contribution in [3.8, 4) is 0 Å². The van der Waals surface area contributed by atoms with Crippen LogP contribution in [-0.4, -0.2) is 51.6 Å². The molecule has 1 saturated heterocycles. The average Bonchev–Trinajstić information content (AvgIpc) is 3.13.